The van der Waals surface area contributed by atoms with Crippen LogP contribution in [-0.4, -0.2) is 35.8 Å². The second-order valence-corrected chi connectivity index (χ2v) is 4.92. The van der Waals surface area contributed by atoms with Gasteiger partial charge in [-0.2, -0.15) is 23.1 Å². The van der Waals surface area contributed by atoms with Gasteiger partial charge in [-0.15, -0.1) is 0 Å². The molecule has 1 aromatic rings. The third-order valence-corrected chi connectivity index (χ3v) is 3.85. The molecule has 104 valence electrons. The number of hydrogen-bond acceptors (Lipinski definition) is 5. The third kappa shape index (κ3) is 1.95. The van der Waals surface area contributed by atoms with E-state index in [1.807, 2.05) is 0 Å². The predicted octanol–water partition coefficient (Wildman–Crippen LogP) is 1.49. The summed E-state index contributed by atoms with van der Waals surface area (Å²) in [7, 11) is 1.67. The summed E-state index contributed by atoms with van der Waals surface area (Å²) in [5.74, 6) is -0.481. The summed E-state index contributed by atoms with van der Waals surface area (Å²) >= 11 is 0. The molecule has 1 saturated heterocycles. The lowest BCUT2D eigenvalue weighted by Crippen LogP contribution is -2.30. The molecule has 0 amide bonds. The fourth-order valence-electron chi connectivity index (χ4n) is 3.00. The Balaban J connectivity index is 1.86. The molecule has 2 fully saturated rings. The monoisotopic (exact) mass is 273 g/mol. The molecular formula is C11H14F3N5. The maximum Gasteiger partial charge on any atom is 0.394 e. The molecule has 0 bridgehead atoms. The minimum atomic E-state index is -4.13. The van der Waals surface area contributed by atoms with Gasteiger partial charge in [-0.25, -0.2) is 0 Å². The van der Waals surface area contributed by atoms with Gasteiger partial charge in [-0.1, -0.05) is 0 Å². The zero-order valence-electron chi connectivity index (χ0n) is 10.3. The van der Waals surface area contributed by atoms with Crippen molar-refractivity contribution in [2.45, 2.75) is 18.6 Å². The second kappa shape index (κ2) is 3.88. The molecule has 3 N–H and O–H groups in total. The molecule has 1 aliphatic heterocycles. The quantitative estimate of drug-likeness (QED) is 0.854. The average Bonchev–Trinajstić information content (AvgIpc) is 2.91. The molecule has 5 nitrogen and oxygen atoms in total. The molecule has 19 heavy (non-hydrogen) atoms. The van der Waals surface area contributed by atoms with E-state index in [2.05, 4.69) is 15.3 Å². The van der Waals surface area contributed by atoms with Crippen LogP contribution in [0.4, 0.5) is 30.8 Å². The molecule has 1 saturated carbocycles. The summed E-state index contributed by atoms with van der Waals surface area (Å²) in [4.78, 5) is 9.68. The van der Waals surface area contributed by atoms with Gasteiger partial charge in [0.05, 0.1) is 5.92 Å². The van der Waals surface area contributed by atoms with Gasteiger partial charge >= 0.3 is 6.18 Å². The molecule has 0 spiro atoms. The van der Waals surface area contributed by atoms with Crippen molar-refractivity contribution >= 4 is 17.6 Å². The number of nitrogens with two attached hydrogens (primary N) is 1. The van der Waals surface area contributed by atoms with E-state index in [0.29, 0.717) is 24.6 Å². The van der Waals surface area contributed by atoms with Crippen molar-refractivity contribution in [1.82, 2.24) is 9.97 Å². The second-order valence-electron chi connectivity index (χ2n) is 4.92. The molecule has 0 aromatic carbocycles. The van der Waals surface area contributed by atoms with Crippen molar-refractivity contribution in [1.29, 1.82) is 0 Å². The average molecular weight is 273 g/mol. The smallest absolute Gasteiger partial charge is 0.373 e. The molecule has 0 radical (unpaired) electrons. The van der Waals surface area contributed by atoms with Crippen molar-refractivity contribution in [3.63, 3.8) is 0 Å². The Labute approximate surface area is 108 Å². The first kappa shape index (κ1) is 12.3. The maximum atomic E-state index is 12.8. The number of nitrogens with zero attached hydrogens (tertiary/aromatic N) is 3. The van der Waals surface area contributed by atoms with E-state index < -0.39 is 18.1 Å². The van der Waals surface area contributed by atoms with Crippen molar-refractivity contribution in [3.05, 3.63) is 6.07 Å². The number of hydrogen-bond donors (Lipinski definition) is 2. The molecule has 3 atom stereocenters. The zero-order valence-corrected chi connectivity index (χ0v) is 10.3. The number of rotatable bonds is 2. The number of alkyl halides is 3. The Bertz CT molecular complexity index is 504. The van der Waals surface area contributed by atoms with E-state index in [9.17, 15) is 13.2 Å². The number of piperidine rings is 1. The van der Waals surface area contributed by atoms with Crippen LogP contribution < -0.4 is 16.0 Å². The van der Waals surface area contributed by atoms with Gasteiger partial charge in [0.2, 0.25) is 5.95 Å². The summed E-state index contributed by atoms with van der Waals surface area (Å²) in [6.07, 6.45) is -3.58. The number of anilines is 3. The molecule has 3 rings (SSSR count). The SMILES string of the molecule is CNc1cc(N2CCC3C2C3C(F)(F)F)nc(N)n1. The molecule has 1 aliphatic carbocycles. The topological polar surface area (TPSA) is 67.1 Å². The third-order valence-electron chi connectivity index (χ3n) is 3.85. The summed E-state index contributed by atoms with van der Waals surface area (Å²) in [5.41, 5.74) is 5.57. The van der Waals surface area contributed by atoms with Gasteiger partial charge in [0.1, 0.15) is 11.6 Å². The van der Waals surface area contributed by atoms with E-state index in [0.717, 1.165) is 0 Å². The van der Waals surface area contributed by atoms with Gasteiger partial charge in [0.15, 0.2) is 0 Å². The van der Waals surface area contributed by atoms with Gasteiger partial charge in [-0.05, 0) is 12.3 Å². The number of halogens is 3. The highest BCUT2D eigenvalue weighted by molar-refractivity contribution is 5.55. The maximum absolute atomic E-state index is 12.8. The number of nitrogens with one attached hydrogen (secondary N) is 1. The van der Waals surface area contributed by atoms with Gasteiger partial charge < -0.3 is 16.0 Å². The van der Waals surface area contributed by atoms with E-state index in [4.69, 9.17) is 5.73 Å². The van der Waals surface area contributed by atoms with Crippen LogP contribution in [0, 0.1) is 11.8 Å². The van der Waals surface area contributed by atoms with Crippen molar-refractivity contribution in [3.8, 4) is 0 Å². The fraction of sp³-hybridized carbons (Fsp3) is 0.636. The highest BCUT2D eigenvalue weighted by atomic mass is 19.4. The van der Waals surface area contributed by atoms with Crippen molar-refractivity contribution < 1.29 is 13.2 Å². The molecule has 2 heterocycles. The molecule has 1 aromatic heterocycles. The Morgan fingerprint density at radius 3 is 2.74 bits per heavy atom. The Hall–Kier alpha value is -1.73. The first-order valence-corrected chi connectivity index (χ1v) is 6.07. The first-order chi connectivity index (χ1) is 8.91. The highest BCUT2D eigenvalue weighted by Crippen LogP contribution is 2.58. The van der Waals surface area contributed by atoms with Crippen LogP contribution in [0.3, 0.4) is 0 Å². The lowest BCUT2D eigenvalue weighted by Gasteiger charge is -2.22. The van der Waals surface area contributed by atoms with E-state index in [1.54, 1.807) is 18.0 Å². The minimum absolute atomic E-state index is 0.0644. The van der Waals surface area contributed by atoms with E-state index in [-0.39, 0.29) is 11.9 Å². The highest BCUT2D eigenvalue weighted by Gasteiger charge is 2.68. The Morgan fingerprint density at radius 1 is 1.42 bits per heavy atom. The minimum Gasteiger partial charge on any atom is -0.373 e. The molecule has 3 unspecified atom stereocenters. The summed E-state index contributed by atoms with van der Waals surface area (Å²) in [5, 5.41) is 2.82. The molecule has 2 aliphatic rings. The molecule has 8 heteroatoms. The van der Waals surface area contributed by atoms with Gasteiger partial charge in [0, 0.05) is 25.7 Å². The summed E-state index contributed by atoms with van der Waals surface area (Å²) < 4.78 is 38.3. The largest absolute Gasteiger partial charge is 0.394 e. The van der Waals surface area contributed by atoms with E-state index >= 15 is 0 Å². The van der Waals surface area contributed by atoms with Crippen LogP contribution in [0.15, 0.2) is 6.07 Å². The van der Waals surface area contributed by atoms with Crippen molar-refractivity contribution in [2.24, 2.45) is 11.8 Å². The Morgan fingerprint density at radius 2 is 2.16 bits per heavy atom. The predicted molar refractivity (Wildman–Crippen MR) is 64.8 cm³/mol. The summed E-state index contributed by atoms with van der Waals surface area (Å²) in [6.45, 7) is 0.585. The van der Waals surface area contributed by atoms with Crippen LogP contribution in [0.25, 0.3) is 0 Å². The normalized spacial score (nSPS) is 29.3. The van der Waals surface area contributed by atoms with E-state index in [1.165, 1.54) is 0 Å². The van der Waals surface area contributed by atoms with Crippen LogP contribution in [0.1, 0.15) is 6.42 Å². The zero-order chi connectivity index (χ0) is 13.8. The van der Waals surface area contributed by atoms with Crippen LogP contribution in [0.5, 0.6) is 0 Å². The fourth-order valence-corrected chi connectivity index (χ4v) is 3.00. The lowest BCUT2D eigenvalue weighted by atomic mass is 10.2. The number of nitrogen functional groups attached to an aromatic ring is 1. The van der Waals surface area contributed by atoms with Gasteiger partial charge in [-0.3, -0.25) is 0 Å². The van der Waals surface area contributed by atoms with Crippen LogP contribution in [-0.2, 0) is 0 Å². The first-order valence-electron chi connectivity index (χ1n) is 6.07. The molecular weight excluding hydrogens is 259 g/mol. The summed E-state index contributed by atoms with van der Waals surface area (Å²) in [6, 6.07) is 1.14. The lowest BCUT2D eigenvalue weighted by molar-refractivity contribution is -0.153. The Kier molecular flexibility index (Phi) is 2.51. The van der Waals surface area contributed by atoms with Gasteiger partial charge in [0.25, 0.3) is 0 Å². The van der Waals surface area contributed by atoms with Crippen molar-refractivity contribution in [2.75, 3.05) is 29.5 Å². The van der Waals surface area contributed by atoms with Crippen LogP contribution in [0.2, 0.25) is 0 Å². The number of aromatic nitrogens is 2. The number of fused-ring (bicyclic) bond motifs is 1. The standard InChI is InChI=1S/C11H14F3N5/c1-16-6-4-7(18-10(15)17-6)19-3-2-5-8(9(5)19)11(12,13)14/h4-5,8-9H,2-3H2,1H3,(H3,15,16,17,18). The van der Waals surface area contributed by atoms with Crippen LogP contribution >= 0.6 is 0 Å².